The van der Waals surface area contributed by atoms with Crippen LogP contribution >= 0.6 is 0 Å². The lowest BCUT2D eigenvalue weighted by molar-refractivity contribution is 0.0664. The van der Waals surface area contributed by atoms with Gasteiger partial charge in [0.25, 0.3) is 14.9 Å². The van der Waals surface area contributed by atoms with Crippen LogP contribution in [0.15, 0.2) is 55.1 Å². The van der Waals surface area contributed by atoms with Gasteiger partial charge in [-0.2, -0.15) is 5.26 Å². The molecule has 5 rings (SSSR count). The average molecular weight is 570 g/mol. The third-order valence-electron chi connectivity index (χ3n) is 6.63. The fraction of sp³-hybridized carbons (Fsp3) is 0.296. The molecule has 1 fully saturated rings. The zero-order valence-corrected chi connectivity index (χ0v) is 24.0. The zero-order valence-electron chi connectivity index (χ0n) is 23.0. The molecule has 2 aromatic carbocycles. The van der Waals surface area contributed by atoms with E-state index in [1.807, 2.05) is 23.6 Å². The molecule has 4 aromatic rings. The molecule has 1 aliphatic heterocycles. The number of methoxy groups -OCH3 is 1. The predicted octanol–water partition coefficient (Wildman–Crippen LogP) is 2.38. The monoisotopic (exact) mass is 569 g/mol. The molecule has 0 unspecified atom stereocenters. The van der Waals surface area contributed by atoms with Crippen molar-refractivity contribution >= 4 is 26.6 Å². The first-order chi connectivity index (χ1) is 19.9. The second-order valence-corrected chi connectivity index (χ2v) is 11.5. The highest BCUT2D eigenvalue weighted by atomic mass is 28.3. The summed E-state index contributed by atoms with van der Waals surface area (Å²) in [6.07, 6.45) is 5.45. The van der Waals surface area contributed by atoms with Gasteiger partial charge in [-0.25, -0.2) is 14.6 Å². The van der Waals surface area contributed by atoms with Gasteiger partial charge in [0.15, 0.2) is 0 Å². The molecule has 209 valence electrons. The van der Waals surface area contributed by atoms with Gasteiger partial charge in [-0.15, -0.1) is 5.10 Å². The highest BCUT2D eigenvalue weighted by molar-refractivity contribution is 6.49. The average Bonchev–Trinajstić information content (AvgIpc) is 3.50. The molecule has 0 spiro atoms. The van der Waals surface area contributed by atoms with E-state index >= 15 is 0 Å². The normalized spacial score (nSPS) is 13.6. The van der Waals surface area contributed by atoms with Gasteiger partial charge < -0.3 is 24.3 Å². The second-order valence-electron chi connectivity index (χ2n) is 9.57. The van der Waals surface area contributed by atoms with Crippen LogP contribution < -0.4 is 14.5 Å². The van der Waals surface area contributed by atoms with E-state index in [1.165, 1.54) is 6.33 Å². The Hall–Kier alpha value is -4.87. The Morgan fingerprint density at radius 2 is 1.85 bits per heavy atom. The lowest BCUT2D eigenvalue weighted by Crippen LogP contribution is -2.47. The molecule has 1 radical (unpaired) electrons. The number of anilines is 2. The van der Waals surface area contributed by atoms with Gasteiger partial charge >= 0.3 is 0 Å². The number of tetrazole rings is 1. The van der Waals surface area contributed by atoms with E-state index in [-0.39, 0.29) is 5.91 Å². The maximum atomic E-state index is 13.0. The number of hydrogen-bond donors (Lipinski definition) is 1. The second kappa shape index (κ2) is 12.5. The Labute approximate surface area is 239 Å². The fourth-order valence-electron chi connectivity index (χ4n) is 4.36. The third-order valence-corrected chi connectivity index (χ3v) is 7.97. The first-order valence-corrected chi connectivity index (χ1v) is 15.1. The van der Waals surface area contributed by atoms with Crippen LogP contribution in [0.1, 0.15) is 15.9 Å². The van der Waals surface area contributed by atoms with Crippen LogP contribution in [-0.4, -0.2) is 95.3 Å². The van der Waals surface area contributed by atoms with E-state index < -0.39 is 9.04 Å². The van der Waals surface area contributed by atoms with Gasteiger partial charge in [-0.05, 0) is 59.9 Å². The number of hydrogen-bond acceptors (Lipinski definition) is 11. The molecule has 0 bridgehead atoms. The summed E-state index contributed by atoms with van der Waals surface area (Å²) < 4.78 is 13.3. The van der Waals surface area contributed by atoms with Crippen LogP contribution in [0.4, 0.5) is 11.6 Å². The molecule has 1 N–H and O–H groups in total. The number of amides is 1. The largest absolute Gasteiger partial charge is 0.539 e. The Kier molecular flexibility index (Phi) is 8.46. The first kappa shape index (κ1) is 27.7. The number of benzene rings is 2. The number of carbonyl (C=O) groups excluding carboxylic acids is 1. The van der Waals surface area contributed by atoms with E-state index in [4.69, 9.17) is 9.16 Å². The van der Waals surface area contributed by atoms with Crippen molar-refractivity contribution < 1.29 is 14.0 Å². The SMILES string of the molecule is COc1cc(C(=O)N2CCN(C)CC2)ccc1Nc1ncc(-c2ccc(C#N)c(O[Si](C)Cn3cnnn3)c2)cn1. The number of rotatable bonds is 9. The summed E-state index contributed by atoms with van der Waals surface area (Å²) in [4.78, 5) is 26.0. The Bertz CT molecular complexity index is 1530. The molecule has 13 nitrogen and oxygen atoms in total. The highest BCUT2D eigenvalue weighted by Crippen LogP contribution is 2.30. The first-order valence-electron chi connectivity index (χ1n) is 12.9. The van der Waals surface area contributed by atoms with Crippen molar-refractivity contribution in [2.24, 2.45) is 0 Å². The number of nitrogens with zero attached hydrogens (tertiary/aromatic N) is 9. The minimum Gasteiger partial charge on any atom is -0.539 e. The summed E-state index contributed by atoms with van der Waals surface area (Å²) in [6, 6.07) is 12.9. The number of piperazine rings is 1. The third kappa shape index (κ3) is 6.65. The van der Waals surface area contributed by atoms with Gasteiger partial charge in [0.05, 0.1) is 24.5 Å². The van der Waals surface area contributed by atoms with E-state index in [1.54, 1.807) is 48.5 Å². The summed E-state index contributed by atoms with van der Waals surface area (Å²) in [6.45, 7) is 5.09. The van der Waals surface area contributed by atoms with Crippen LogP contribution in [0.5, 0.6) is 11.5 Å². The summed E-state index contributed by atoms with van der Waals surface area (Å²) in [5.41, 5.74) is 3.23. The molecule has 2 aromatic heterocycles. The quantitative estimate of drug-likeness (QED) is 0.296. The number of nitrogens with one attached hydrogen (secondary N) is 1. The van der Waals surface area contributed by atoms with Crippen molar-refractivity contribution in [2.45, 2.75) is 12.7 Å². The van der Waals surface area contributed by atoms with Crippen LogP contribution in [0.25, 0.3) is 11.1 Å². The van der Waals surface area contributed by atoms with Gasteiger partial charge in [0.2, 0.25) is 5.95 Å². The smallest absolute Gasteiger partial charge is 0.300 e. The van der Waals surface area contributed by atoms with Crippen molar-refractivity contribution in [1.82, 2.24) is 40.0 Å². The van der Waals surface area contributed by atoms with E-state index in [0.717, 1.165) is 24.2 Å². The maximum absolute atomic E-state index is 13.0. The minimum absolute atomic E-state index is 0.0129. The van der Waals surface area contributed by atoms with E-state index in [0.29, 0.717) is 53.5 Å². The van der Waals surface area contributed by atoms with Crippen molar-refractivity contribution in [2.75, 3.05) is 45.7 Å². The summed E-state index contributed by atoms with van der Waals surface area (Å²) >= 11 is 0. The number of aromatic nitrogens is 6. The van der Waals surface area contributed by atoms with Gasteiger partial charge in [0, 0.05) is 49.7 Å². The summed E-state index contributed by atoms with van der Waals surface area (Å²) in [7, 11) is 2.25. The Morgan fingerprint density at radius 1 is 1.07 bits per heavy atom. The van der Waals surface area contributed by atoms with Gasteiger partial charge in [0.1, 0.15) is 23.9 Å². The van der Waals surface area contributed by atoms with Gasteiger partial charge in [-0.3, -0.25) is 4.79 Å². The van der Waals surface area contributed by atoms with E-state index in [2.05, 4.69) is 48.8 Å². The molecule has 0 saturated carbocycles. The molecular weight excluding hydrogens is 540 g/mol. The van der Waals surface area contributed by atoms with Crippen molar-refractivity contribution in [3.8, 4) is 28.7 Å². The molecular formula is C27H29N10O3Si. The molecule has 0 atom stereocenters. The van der Waals surface area contributed by atoms with Crippen molar-refractivity contribution in [1.29, 1.82) is 5.26 Å². The lowest BCUT2D eigenvalue weighted by atomic mass is 10.1. The van der Waals surface area contributed by atoms with Crippen LogP contribution in [0.2, 0.25) is 6.55 Å². The lowest BCUT2D eigenvalue weighted by Gasteiger charge is -2.32. The summed E-state index contributed by atoms with van der Waals surface area (Å²) in [5, 5.41) is 23.9. The van der Waals surface area contributed by atoms with Crippen LogP contribution in [-0.2, 0) is 6.17 Å². The van der Waals surface area contributed by atoms with Crippen molar-refractivity contribution in [3.63, 3.8) is 0 Å². The molecule has 0 aliphatic carbocycles. The number of ether oxygens (including phenoxy) is 1. The molecule has 3 heterocycles. The number of carbonyl (C=O) groups is 1. The van der Waals surface area contributed by atoms with Gasteiger partial charge in [-0.1, -0.05) is 6.07 Å². The molecule has 14 heteroatoms. The molecule has 1 aliphatic rings. The van der Waals surface area contributed by atoms with Crippen LogP contribution in [0.3, 0.4) is 0 Å². The molecule has 41 heavy (non-hydrogen) atoms. The highest BCUT2D eigenvalue weighted by Gasteiger charge is 2.21. The molecule has 1 amide bonds. The van der Waals surface area contributed by atoms with E-state index in [9.17, 15) is 10.1 Å². The Balaban J connectivity index is 1.28. The Morgan fingerprint density at radius 3 is 2.54 bits per heavy atom. The topological polar surface area (TPSA) is 147 Å². The number of nitriles is 1. The maximum Gasteiger partial charge on any atom is 0.300 e. The van der Waals surface area contributed by atoms with Crippen LogP contribution in [0, 0.1) is 11.3 Å². The zero-order chi connectivity index (χ0) is 28.8. The summed E-state index contributed by atoms with van der Waals surface area (Å²) in [5.74, 6) is 1.37. The predicted molar refractivity (Wildman–Crippen MR) is 152 cm³/mol. The van der Waals surface area contributed by atoms with Crippen molar-refractivity contribution in [3.05, 3.63) is 66.2 Å². The fourth-order valence-corrected chi connectivity index (χ4v) is 5.57. The standard InChI is InChI=1S/C27H29N10O3Si/c1-35-8-10-36(11-9-35)26(38)20-6-7-23(25(13-20)39-2)32-27-29-15-22(16-30-27)19-4-5-21(14-28)24(12-19)40-41(3)18-37-17-31-33-34-37/h4-7,12-13,15-17H,8-11,18H2,1-3H3,(H,29,30,32). The number of likely N-dealkylation sites (N-methyl/N-ethyl adjacent to an activating group) is 1. The minimum atomic E-state index is -1.37. The molecule has 1 saturated heterocycles.